The van der Waals surface area contributed by atoms with Crippen LogP contribution in [0.4, 0.5) is 8.78 Å². The molecule has 0 aliphatic carbocycles. The molecule has 0 saturated carbocycles. The Morgan fingerprint density at radius 3 is 2.58 bits per heavy atom. The Labute approximate surface area is 140 Å². The summed E-state index contributed by atoms with van der Waals surface area (Å²) in [4.78, 5) is 15.8. The van der Waals surface area contributed by atoms with Crippen LogP contribution in [-0.2, 0) is 11.3 Å². The first-order chi connectivity index (χ1) is 11.2. The van der Waals surface area contributed by atoms with Crippen molar-refractivity contribution in [1.29, 1.82) is 0 Å². The summed E-state index contributed by atoms with van der Waals surface area (Å²) < 4.78 is 28.8. The largest absolute Gasteiger partial charge is 0.435 e. The van der Waals surface area contributed by atoms with E-state index in [0.29, 0.717) is 12.5 Å². The van der Waals surface area contributed by atoms with E-state index in [1.54, 1.807) is 19.2 Å². The van der Waals surface area contributed by atoms with Crippen LogP contribution in [0, 0.1) is 0 Å². The van der Waals surface area contributed by atoms with E-state index >= 15 is 0 Å². The second kappa shape index (κ2) is 9.05. The molecule has 1 aromatic rings. The lowest BCUT2D eigenvalue weighted by atomic mass is 10.1. The summed E-state index contributed by atoms with van der Waals surface area (Å²) >= 11 is 0. The van der Waals surface area contributed by atoms with Crippen LogP contribution in [0.2, 0.25) is 0 Å². The molecule has 0 saturated heterocycles. The number of benzene rings is 1. The van der Waals surface area contributed by atoms with Gasteiger partial charge in [-0.25, -0.2) is 0 Å². The van der Waals surface area contributed by atoms with Gasteiger partial charge in [0.25, 0.3) is 0 Å². The van der Waals surface area contributed by atoms with Crippen LogP contribution in [0.5, 0.6) is 5.75 Å². The number of halogens is 2. The van der Waals surface area contributed by atoms with Crippen molar-refractivity contribution >= 4 is 11.9 Å². The molecule has 24 heavy (non-hydrogen) atoms. The van der Waals surface area contributed by atoms with Crippen LogP contribution in [0.25, 0.3) is 0 Å². The molecule has 0 spiro atoms. The zero-order chi connectivity index (χ0) is 18.2. The van der Waals surface area contributed by atoms with Gasteiger partial charge in [-0.1, -0.05) is 12.1 Å². The molecule has 0 fully saturated rings. The fourth-order valence-corrected chi connectivity index (χ4v) is 1.86. The fourth-order valence-electron chi connectivity index (χ4n) is 1.86. The van der Waals surface area contributed by atoms with E-state index in [1.807, 2.05) is 20.8 Å². The van der Waals surface area contributed by atoms with Gasteiger partial charge in [0.15, 0.2) is 5.96 Å². The summed E-state index contributed by atoms with van der Waals surface area (Å²) in [5.74, 6) is 0.369. The maximum Gasteiger partial charge on any atom is 0.387 e. The van der Waals surface area contributed by atoms with Gasteiger partial charge in [-0.05, 0) is 38.5 Å². The van der Waals surface area contributed by atoms with Gasteiger partial charge in [-0.3, -0.25) is 9.79 Å². The molecule has 0 aliphatic heterocycles. The number of carbonyl (C=O) groups is 1. The fraction of sp³-hybridized carbons (Fsp3) is 0.500. The summed E-state index contributed by atoms with van der Waals surface area (Å²) in [6, 6.07) is 6.37. The van der Waals surface area contributed by atoms with Crippen molar-refractivity contribution < 1.29 is 18.3 Å². The van der Waals surface area contributed by atoms with Gasteiger partial charge in [0.1, 0.15) is 5.75 Å². The molecule has 0 aromatic heterocycles. The highest BCUT2D eigenvalue weighted by molar-refractivity contribution is 5.86. The first kappa shape index (κ1) is 19.7. The highest BCUT2D eigenvalue weighted by Crippen LogP contribution is 2.15. The van der Waals surface area contributed by atoms with Gasteiger partial charge < -0.3 is 20.7 Å². The van der Waals surface area contributed by atoms with Gasteiger partial charge in [0.05, 0.1) is 6.54 Å². The molecule has 0 heterocycles. The minimum Gasteiger partial charge on any atom is -0.435 e. The van der Waals surface area contributed by atoms with E-state index in [4.69, 9.17) is 0 Å². The van der Waals surface area contributed by atoms with E-state index in [0.717, 1.165) is 5.56 Å². The van der Waals surface area contributed by atoms with Crippen molar-refractivity contribution in [3.8, 4) is 5.75 Å². The Kier molecular flexibility index (Phi) is 7.41. The number of ether oxygens (including phenoxy) is 1. The lowest BCUT2D eigenvalue weighted by molar-refractivity contribution is -0.121. The molecular formula is C16H24F2N4O2. The molecule has 0 bridgehead atoms. The summed E-state index contributed by atoms with van der Waals surface area (Å²) in [5, 5.41) is 8.71. The van der Waals surface area contributed by atoms with E-state index in [9.17, 15) is 13.6 Å². The Balaban J connectivity index is 2.48. The van der Waals surface area contributed by atoms with Gasteiger partial charge >= 0.3 is 6.61 Å². The molecule has 1 amide bonds. The number of carbonyl (C=O) groups excluding carboxylic acids is 1. The Bertz CT molecular complexity index is 571. The normalized spacial score (nSPS) is 12.0. The first-order valence-corrected chi connectivity index (χ1v) is 7.49. The number of hydrogen-bond acceptors (Lipinski definition) is 3. The van der Waals surface area contributed by atoms with Crippen LogP contribution in [0.1, 0.15) is 26.3 Å². The molecule has 1 rings (SSSR count). The Hall–Kier alpha value is -2.38. The SMILES string of the molecule is CN=C(NCC(=O)NC(C)(C)C)NCc1cccc(OC(F)F)c1. The van der Waals surface area contributed by atoms with Gasteiger partial charge in [-0.15, -0.1) is 0 Å². The first-order valence-electron chi connectivity index (χ1n) is 7.49. The van der Waals surface area contributed by atoms with Gasteiger partial charge in [0.2, 0.25) is 5.91 Å². The quantitative estimate of drug-likeness (QED) is 0.545. The molecule has 0 radical (unpaired) electrons. The van der Waals surface area contributed by atoms with Crippen molar-refractivity contribution in [2.45, 2.75) is 39.5 Å². The minimum absolute atomic E-state index is 0.0749. The lowest BCUT2D eigenvalue weighted by Gasteiger charge is -2.21. The topological polar surface area (TPSA) is 74.8 Å². The van der Waals surface area contributed by atoms with Crippen molar-refractivity contribution in [2.75, 3.05) is 13.6 Å². The molecule has 6 nitrogen and oxygen atoms in total. The van der Waals surface area contributed by atoms with Crippen LogP contribution in [-0.4, -0.2) is 37.6 Å². The predicted octanol–water partition coefficient (Wildman–Crippen LogP) is 1.87. The molecule has 3 N–H and O–H groups in total. The summed E-state index contributed by atoms with van der Waals surface area (Å²) in [6.45, 7) is 3.25. The van der Waals surface area contributed by atoms with Crippen LogP contribution >= 0.6 is 0 Å². The van der Waals surface area contributed by atoms with E-state index in [-0.39, 0.29) is 23.7 Å². The summed E-state index contributed by atoms with van der Waals surface area (Å²) in [7, 11) is 1.58. The average Bonchev–Trinajstić information content (AvgIpc) is 2.45. The number of rotatable bonds is 6. The number of nitrogens with one attached hydrogen (secondary N) is 3. The molecule has 0 aliphatic rings. The molecule has 0 unspecified atom stereocenters. The number of hydrogen-bond donors (Lipinski definition) is 3. The van der Waals surface area contributed by atoms with Gasteiger partial charge in [-0.2, -0.15) is 8.78 Å². The predicted molar refractivity (Wildman–Crippen MR) is 89.2 cm³/mol. The molecule has 134 valence electrons. The van der Waals surface area contributed by atoms with E-state index in [2.05, 4.69) is 25.7 Å². The van der Waals surface area contributed by atoms with Crippen molar-refractivity contribution in [3.63, 3.8) is 0 Å². The zero-order valence-electron chi connectivity index (χ0n) is 14.3. The Morgan fingerprint density at radius 2 is 2.00 bits per heavy atom. The third-order valence-corrected chi connectivity index (χ3v) is 2.74. The second-order valence-corrected chi connectivity index (χ2v) is 6.10. The van der Waals surface area contributed by atoms with Gasteiger partial charge in [0, 0.05) is 19.1 Å². The van der Waals surface area contributed by atoms with Crippen molar-refractivity contribution in [3.05, 3.63) is 29.8 Å². The monoisotopic (exact) mass is 342 g/mol. The smallest absolute Gasteiger partial charge is 0.387 e. The number of nitrogens with zero attached hydrogens (tertiary/aromatic N) is 1. The number of guanidine groups is 1. The minimum atomic E-state index is -2.86. The maximum absolute atomic E-state index is 12.2. The second-order valence-electron chi connectivity index (χ2n) is 6.10. The van der Waals surface area contributed by atoms with E-state index < -0.39 is 6.61 Å². The molecule has 0 atom stereocenters. The molecule has 1 aromatic carbocycles. The summed E-state index contributed by atoms with van der Waals surface area (Å²) in [5.41, 5.74) is 0.441. The number of alkyl halides is 2. The van der Waals surface area contributed by atoms with Crippen LogP contribution in [0.3, 0.4) is 0 Å². The summed E-state index contributed by atoms with van der Waals surface area (Å²) in [6.07, 6.45) is 0. The highest BCUT2D eigenvalue weighted by atomic mass is 19.3. The average molecular weight is 342 g/mol. The lowest BCUT2D eigenvalue weighted by Crippen LogP contribution is -2.48. The number of amides is 1. The third kappa shape index (κ3) is 8.30. The number of aliphatic imine (C=N–C) groups is 1. The van der Waals surface area contributed by atoms with Crippen LogP contribution < -0.4 is 20.7 Å². The van der Waals surface area contributed by atoms with Crippen molar-refractivity contribution in [2.24, 2.45) is 4.99 Å². The van der Waals surface area contributed by atoms with E-state index in [1.165, 1.54) is 12.1 Å². The van der Waals surface area contributed by atoms with Crippen molar-refractivity contribution in [1.82, 2.24) is 16.0 Å². The molecular weight excluding hydrogens is 318 g/mol. The standard InChI is InChI=1S/C16H24F2N4O2/c1-16(2,3)22-13(23)10-21-15(19-4)20-9-11-6-5-7-12(8-11)24-14(17)18/h5-8,14H,9-10H2,1-4H3,(H,22,23)(H2,19,20,21). The molecule has 8 heteroatoms. The van der Waals surface area contributed by atoms with Crippen LogP contribution in [0.15, 0.2) is 29.3 Å². The third-order valence-electron chi connectivity index (χ3n) is 2.74. The Morgan fingerprint density at radius 1 is 1.29 bits per heavy atom. The highest BCUT2D eigenvalue weighted by Gasteiger charge is 2.13. The maximum atomic E-state index is 12.2. The zero-order valence-corrected chi connectivity index (χ0v) is 14.3.